The average molecular weight is 325 g/mol. The van der Waals surface area contributed by atoms with Gasteiger partial charge in [-0.15, -0.1) is 0 Å². The predicted molar refractivity (Wildman–Crippen MR) is 80.8 cm³/mol. The zero-order chi connectivity index (χ0) is 13.7. The average Bonchev–Trinajstić information content (AvgIpc) is 2.42. The molecule has 1 aliphatic heterocycles. The largest absolute Gasteiger partial charge is 0.341 e. The standard InChI is InChI=1S/C15H21BrN2O/c1-18(11-13-2-4-14(16)5-3-13)15(19)10-12-6-8-17-9-7-12/h2-5,12,17H,6-11H2,1H3. The summed E-state index contributed by atoms with van der Waals surface area (Å²) in [6.07, 6.45) is 2.93. The van der Waals surface area contributed by atoms with Crippen molar-refractivity contribution in [1.29, 1.82) is 0 Å². The number of carbonyl (C=O) groups is 1. The Morgan fingerprint density at radius 1 is 1.32 bits per heavy atom. The second kappa shape index (κ2) is 7.06. The number of amides is 1. The third kappa shape index (κ3) is 4.62. The van der Waals surface area contributed by atoms with Crippen LogP contribution in [0.15, 0.2) is 28.7 Å². The van der Waals surface area contributed by atoms with Crippen molar-refractivity contribution in [2.24, 2.45) is 5.92 Å². The molecule has 19 heavy (non-hydrogen) atoms. The number of hydrogen-bond donors (Lipinski definition) is 1. The number of hydrogen-bond acceptors (Lipinski definition) is 2. The minimum atomic E-state index is 0.259. The van der Waals surface area contributed by atoms with Crippen LogP contribution in [-0.4, -0.2) is 30.9 Å². The molecular formula is C15H21BrN2O. The van der Waals surface area contributed by atoms with Gasteiger partial charge >= 0.3 is 0 Å². The van der Waals surface area contributed by atoms with Gasteiger partial charge in [0.2, 0.25) is 5.91 Å². The topological polar surface area (TPSA) is 32.3 Å². The highest BCUT2D eigenvalue weighted by molar-refractivity contribution is 9.10. The Morgan fingerprint density at radius 2 is 1.95 bits per heavy atom. The minimum Gasteiger partial charge on any atom is -0.341 e. The molecule has 1 saturated heterocycles. The summed E-state index contributed by atoms with van der Waals surface area (Å²) in [4.78, 5) is 14.0. The molecule has 1 fully saturated rings. The lowest BCUT2D eigenvalue weighted by Gasteiger charge is -2.25. The van der Waals surface area contributed by atoms with E-state index in [-0.39, 0.29) is 5.91 Å². The Labute approximate surface area is 123 Å². The van der Waals surface area contributed by atoms with Gasteiger partial charge in [0, 0.05) is 24.5 Å². The van der Waals surface area contributed by atoms with Crippen molar-refractivity contribution in [2.45, 2.75) is 25.8 Å². The van der Waals surface area contributed by atoms with Gasteiger partial charge in [0.15, 0.2) is 0 Å². The normalized spacial score (nSPS) is 16.3. The maximum atomic E-state index is 12.2. The Balaban J connectivity index is 1.83. The molecule has 1 heterocycles. The molecule has 1 aliphatic rings. The molecule has 0 radical (unpaired) electrons. The summed E-state index contributed by atoms with van der Waals surface area (Å²) in [5.74, 6) is 0.816. The fourth-order valence-corrected chi connectivity index (χ4v) is 2.70. The van der Waals surface area contributed by atoms with E-state index in [2.05, 4.69) is 33.4 Å². The van der Waals surface area contributed by atoms with Crippen LogP contribution in [0.4, 0.5) is 0 Å². The van der Waals surface area contributed by atoms with Gasteiger partial charge in [-0.3, -0.25) is 4.79 Å². The van der Waals surface area contributed by atoms with E-state index >= 15 is 0 Å². The van der Waals surface area contributed by atoms with Gasteiger partial charge in [-0.2, -0.15) is 0 Å². The van der Waals surface area contributed by atoms with Crippen LogP contribution in [0.5, 0.6) is 0 Å². The highest BCUT2D eigenvalue weighted by atomic mass is 79.9. The summed E-state index contributed by atoms with van der Waals surface area (Å²) in [5, 5.41) is 3.33. The first-order valence-corrected chi connectivity index (χ1v) is 7.63. The fourth-order valence-electron chi connectivity index (χ4n) is 2.44. The fraction of sp³-hybridized carbons (Fsp3) is 0.533. The van der Waals surface area contributed by atoms with Gasteiger partial charge in [-0.1, -0.05) is 28.1 Å². The summed E-state index contributed by atoms with van der Waals surface area (Å²) in [6.45, 7) is 2.79. The van der Waals surface area contributed by atoms with Crippen molar-refractivity contribution in [1.82, 2.24) is 10.2 Å². The lowest BCUT2D eigenvalue weighted by Crippen LogP contribution is -2.33. The molecule has 1 aromatic carbocycles. The van der Waals surface area contributed by atoms with Gasteiger partial charge in [-0.05, 0) is 49.5 Å². The first kappa shape index (κ1) is 14.5. The molecule has 1 amide bonds. The molecule has 1 aromatic rings. The van der Waals surface area contributed by atoms with Gasteiger partial charge < -0.3 is 10.2 Å². The lowest BCUT2D eigenvalue weighted by molar-refractivity contribution is -0.131. The van der Waals surface area contributed by atoms with Gasteiger partial charge in [0.1, 0.15) is 0 Å². The summed E-state index contributed by atoms with van der Waals surface area (Å²) < 4.78 is 1.07. The zero-order valence-electron chi connectivity index (χ0n) is 11.4. The summed E-state index contributed by atoms with van der Waals surface area (Å²) in [6, 6.07) is 8.14. The Morgan fingerprint density at radius 3 is 2.58 bits per heavy atom. The second-order valence-electron chi connectivity index (χ2n) is 5.27. The highest BCUT2D eigenvalue weighted by Gasteiger charge is 2.19. The van der Waals surface area contributed by atoms with Crippen LogP contribution < -0.4 is 5.32 Å². The van der Waals surface area contributed by atoms with E-state index in [4.69, 9.17) is 0 Å². The summed E-state index contributed by atoms with van der Waals surface area (Å²) >= 11 is 3.42. The molecule has 0 bridgehead atoms. The zero-order valence-corrected chi connectivity index (χ0v) is 12.9. The van der Waals surface area contributed by atoms with E-state index in [0.717, 1.165) is 30.4 Å². The van der Waals surface area contributed by atoms with Crippen LogP contribution in [0.3, 0.4) is 0 Å². The van der Waals surface area contributed by atoms with E-state index in [1.807, 2.05) is 24.1 Å². The minimum absolute atomic E-state index is 0.259. The molecule has 4 heteroatoms. The van der Waals surface area contributed by atoms with Crippen LogP contribution in [0, 0.1) is 5.92 Å². The Kier molecular flexibility index (Phi) is 5.40. The molecule has 0 unspecified atom stereocenters. The quantitative estimate of drug-likeness (QED) is 0.923. The molecule has 1 N–H and O–H groups in total. The third-order valence-corrected chi connectivity index (χ3v) is 4.21. The maximum Gasteiger partial charge on any atom is 0.222 e. The molecule has 2 rings (SSSR count). The molecular weight excluding hydrogens is 304 g/mol. The second-order valence-corrected chi connectivity index (χ2v) is 6.19. The van der Waals surface area contributed by atoms with Crippen molar-refractivity contribution in [3.63, 3.8) is 0 Å². The van der Waals surface area contributed by atoms with Crippen LogP contribution in [0.1, 0.15) is 24.8 Å². The maximum absolute atomic E-state index is 12.2. The number of nitrogens with zero attached hydrogens (tertiary/aromatic N) is 1. The lowest BCUT2D eigenvalue weighted by atomic mass is 9.94. The summed E-state index contributed by atoms with van der Waals surface area (Å²) in [7, 11) is 1.89. The van der Waals surface area contributed by atoms with Gasteiger partial charge in [-0.25, -0.2) is 0 Å². The molecule has 0 atom stereocenters. The molecule has 0 spiro atoms. The van der Waals surface area contributed by atoms with Gasteiger partial charge in [0.05, 0.1) is 0 Å². The molecule has 104 valence electrons. The molecule has 3 nitrogen and oxygen atoms in total. The first-order chi connectivity index (χ1) is 9.15. The number of piperidine rings is 1. The van der Waals surface area contributed by atoms with Gasteiger partial charge in [0.25, 0.3) is 0 Å². The van der Waals surface area contributed by atoms with Crippen LogP contribution in [0.25, 0.3) is 0 Å². The van der Waals surface area contributed by atoms with Crippen LogP contribution in [-0.2, 0) is 11.3 Å². The van der Waals surface area contributed by atoms with E-state index in [0.29, 0.717) is 18.9 Å². The highest BCUT2D eigenvalue weighted by Crippen LogP contribution is 2.18. The van der Waals surface area contributed by atoms with Crippen LogP contribution >= 0.6 is 15.9 Å². The van der Waals surface area contributed by atoms with Crippen molar-refractivity contribution in [3.05, 3.63) is 34.3 Å². The number of rotatable bonds is 4. The molecule has 0 saturated carbocycles. The monoisotopic (exact) mass is 324 g/mol. The van der Waals surface area contributed by atoms with Crippen molar-refractivity contribution >= 4 is 21.8 Å². The van der Waals surface area contributed by atoms with Crippen molar-refractivity contribution < 1.29 is 4.79 Å². The van der Waals surface area contributed by atoms with E-state index < -0.39 is 0 Å². The number of halogens is 1. The number of benzene rings is 1. The van der Waals surface area contributed by atoms with Crippen molar-refractivity contribution in [3.8, 4) is 0 Å². The smallest absolute Gasteiger partial charge is 0.222 e. The first-order valence-electron chi connectivity index (χ1n) is 6.84. The number of carbonyl (C=O) groups excluding carboxylic acids is 1. The third-order valence-electron chi connectivity index (χ3n) is 3.68. The van der Waals surface area contributed by atoms with E-state index in [9.17, 15) is 4.79 Å². The SMILES string of the molecule is CN(Cc1ccc(Br)cc1)C(=O)CC1CCNCC1. The van der Waals surface area contributed by atoms with E-state index in [1.54, 1.807) is 0 Å². The van der Waals surface area contributed by atoms with E-state index in [1.165, 1.54) is 5.56 Å². The predicted octanol–water partition coefficient (Wildman–Crippen LogP) is 2.80. The molecule has 0 aliphatic carbocycles. The van der Waals surface area contributed by atoms with Crippen LogP contribution in [0.2, 0.25) is 0 Å². The Hall–Kier alpha value is -0.870. The Bertz CT molecular complexity index is 413. The molecule has 0 aromatic heterocycles. The number of nitrogens with one attached hydrogen (secondary N) is 1. The summed E-state index contributed by atoms with van der Waals surface area (Å²) in [5.41, 5.74) is 1.17. The van der Waals surface area contributed by atoms with Crippen molar-refractivity contribution in [2.75, 3.05) is 20.1 Å².